The van der Waals surface area contributed by atoms with E-state index in [9.17, 15) is 0 Å². The van der Waals surface area contributed by atoms with Crippen LogP contribution in [0.5, 0.6) is 0 Å². The summed E-state index contributed by atoms with van der Waals surface area (Å²) >= 11 is 5.46. The molecule has 0 amide bonds. The minimum Gasteiger partial charge on any atom is -0.122 e. The molecule has 0 spiro atoms. The fourth-order valence-corrected chi connectivity index (χ4v) is 1.17. The first-order valence-corrected chi connectivity index (χ1v) is 6.10. The summed E-state index contributed by atoms with van der Waals surface area (Å²) in [6, 6.07) is 0. The quantitative estimate of drug-likeness (QED) is 0.438. The summed E-state index contributed by atoms with van der Waals surface area (Å²) in [5, 5.41) is 0. The Kier molecular flexibility index (Phi) is 17.7. The molecule has 0 aliphatic heterocycles. The zero-order valence-electron chi connectivity index (χ0n) is 10.1. The Morgan fingerprint density at radius 2 is 1.86 bits per heavy atom. The second kappa shape index (κ2) is 15.3. The second-order valence-electron chi connectivity index (χ2n) is 3.33. The molecule has 0 aliphatic rings. The molecule has 0 fully saturated rings. The van der Waals surface area contributed by atoms with Gasteiger partial charge in [0.05, 0.1) is 0 Å². The molecule has 0 saturated heterocycles. The van der Waals surface area contributed by atoms with E-state index >= 15 is 0 Å². The van der Waals surface area contributed by atoms with Crippen LogP contribution in [0.3, 0.4) is 0 Å². The molecule has 1 unspecified atom stereocenters. The summed E-state index contributed by atoms with van der Waals surface area (Å²) in [6.07, 6.45) is 12.1. The van der Waals surface area contributed by atoms with Crippen LogP contribution in [0.15, 0.2) is 24.3 Å². The van der Waals surface area contributed by atoms with Gasteiger partial charge in [-0.15, -0.1) is 11.6 Å². The molecule has 0 heterocycles. The van der Waals surface area contributed by atoms with Crippen LogP contribution in [0.1, 0.15) is 47.0 Å². The van der Waals surface area contributed by atoms with Gasteiger partial charge in [0.1, 0.15) is 0 Å². The summed E-state index contributed by atoms with van der Waals surface area (Å²) in [5.41, 5.74) is 0. The number of hydrogen-bond acceptors (Lipinski definition) is 0. The Balaban J connectivity index is 0. The highest BCUT2D eigenvalue weighted by Gasteiger charge is 1.91. The van der Waals surface area contributed by atoms with E-state index in [2.05, 4.69) is 39.0 Å². The monoisotopic (exact) mass is 216 g/mol. The molecule has 0 aromatic carbocycles. The maximum absolute atomic E-state index is 5.46. The largest absolute Gasteiger partial charge is 0.122 e. The minimum atomic E-state index is 0.647. The van der Waals surface area contributed by atoms with Gasteiger partial charge in [-0.3, -0.25) is 0 Å². The molecule has 0 aliphatic carbocycles. The predicted molar refractivity (Wildman–Crippen MR) is 69.0 cm³/mol. The van der Waals surface area contributed by atoms with Crippen molar-refractivity contribution in [2.75, 3.05) is 5.88 Å². The molecule has 0 saturated carbocycles. The van der Waals surface area contributed by atoms with E-state index < -0.39 is 0 Å². The fraction of sp³-hybridized carbons (Fsp3) is 0.692. The smallest absolute Gasteiger partial charge is 0.0404 e. The predicted octanol–water partition coefficient (Wildman–Crippen LogP) is 5.19. The van der Waals surface area contributed by atoms with E-state index in [1.807, 2.05) is 13.0 Å². The fourth-order valence-electron chi connectivity index (χ4n) is 1.07. The number of allylic oxidation sites excluding steroid dienone is 4. The normalized spacial score (nSPS) is 12.9. The van der Waals surface area contributed by atoms with E-state index in [1.54, 1.807) is 0 Å². The van der Waals surface area contributed by atoms with Gasteiger partial charge in [0.15, 0.2) is 0 Å². The van der Waals surface area contributed by atoms with Crippen molar-refractivity contribution >= 4 is 11.6 Å². The van der Waals surface area contributed by atoms with Crippen molar-refractivity contribution in [2.45, 2.75) is 47.0 Å². The van der Waals surface area contributed by atoms with Crippen LogP contribution >= 0.6 is 11.6 Å². The van der Waals surface area contributed by atoms with Crippen LogP contribution in [0, 0.1) is 5.92 Å². The number of rotatable bonds is 5. The van der Waals surface area contributed by atoms with Gasteiger partial charge >= 0.3 is 0 Å². The Morgan fingerprint density at radius 3 is 2.14 bits per heavy atom. The van der Waals surface area contributed by atoms with Gasteiger partial charge in [0.2, 0.25) is 0 Å². The third-order valence-corrected chi connectivity index (χ3v) is 1.95. The maximum Gasteiger partial charge on any atom is 0.0404 e. The van der Waals surface area contributed by atoms with Crippen molar-refractivity contribution < 1.29 is 0 Å². The maximum atomic E-state index is 5.46. The lowest BCUT2D eigenvalue weighted by atomic mass is 10.1. The van der Waals surface area contributed by atoms with Gasteiger partial charge in [-0.1, -0.05) is 51.5 Å². The molecule has 0 rings (SSSR count). The standard InChI is InChI=1S/C8H15Cl.C5H10/c1-3-5-8(2)6-4-7-9;1-3-5-4-2/h4,6,8H,3,5,7H2,1-2H3;3,5H,4H2,1-2H3/b6-4+;5-3-. The number of halogens is 1. The van der Waals surface area contributed by atoms with Crippen molar-refractivity contribution in [3.63, 3.8) is 0 Å². The van der Waals surface area contributed by atoms with Crippen LogP contribution in [-0.2, 0) is 0 Å². The molecular weight excluding hydrogens is 192 g/mol. The van der Waals surface area contributed by atoms with Gasteiger partial charge in [0.25, 0.3) is 0 Å². The number of hydrogen-bond donors (Lipinski definition) is 0. The molecule has 0 bridgehead atoms. The highest BCUT2D eigenvalue weighted by Crippen LogP contribution is 2.05. The SMILES string of the molecule is C/C=C\CC.CCCC(C)/C=C/CCl. The molecule has 84 valence electrons. The van der Waals surface area contributed by atoms with E-state index in [0.29, 0.717) is 11.8 Å². The lowest BCUT2D eigenvalue weighted by Gasteiger charge is -2.00. The van der Waals surface area contributed by atoms with Crippen molar-refractivity contribution in [3.8, 4) is 0 Å². The van der Waals surface area contributed by atoms with Gasteiger partial charge in [-0.25, -0.2) is 0 Å². The lowest BCUT2D eigenvalue weighted by molar-refractivity contribution is 0.633. The van der Waals surface area contributed by atoms with E-state index in [4.69, 9.17) is 11.6 Å². The topological polar surface area (TPSA) is 0 Å². The van der Waals surface area contributed by atoms with E-state index in [1.165, 1.54) is 12.8 Å². The molecule has 0 aromatic heterocycles. The van der Waals surface area contributed by atoms with Crippen molar-refractivity contribution in [2.24, 2.45) is 5.92 Å². The van der Waals surface area contributed by atoms with Crippen molar-refractivity contribution in [3.05, 3.63) is 24.3 Å². The van der Waals surface area contributed by atoms with Gasteiger partial charge in [-0.2, -0.15) is 0 Å². The van der Waals surface area contributed by atoms with Crippen LogP contribution in [0.4, 0.5) is 0 Å². The van der Waals surface area contributed by atoms with E-state index in [0.717, 1.165) is 6.42 Å². The molecule has 1 heteroatoms. The zero-order valence-corrected chi connectivity index (χ0v) is 10.8. The molecule has 1 atom stereocenters. The molecule has 0 N–H and O–H groups in total. The summed E-state index contributed by atoms with van der Waals surface area (Å²) < 4.78 is 0. The van der Waals surface area contributed by atoms with Gasteiger partial charge < -0.3 is 0 Å². The first-order valence-electron chi connectivity index (χ1n) is 5.56. The lowest BCUT2D eigenvalue weighted by Crippen LogP contribution is -1.86. The van der Waals surface area contributed by atoms with Crippen LogP contribution in [0.25, 0.3) is 0 Å². The third-order valence-electron chi connectivity index (χ3n) is 1.77. The highest BCUT2D eigenvalue weighted by atomic mass is 35.5. The second-order valence-corrected chi connectivity index (χ2v) is 3.63. The Morgan fingerprint density at radius 1 is 1.21 bits per heavy atom. The Labute approximate surface area is 95.0 Å². The summed E-state index contributed by atoms with van der Waals surface area (Å²) in [6.45, 7) is 8.57. The van der Waals surface area contributed by atoms with E-state index in [-0.39, 0.29) is 0 Å². The van der Waals surface area contributed by atoms with Gasteiger partial charge in [0, 0.05) is 5.88 Å². The van der Waals surface area contributed by atoms with Crippen LogP contribution < -0.4 is 0 Å². The van der Waals surface area contributed by atoms with Crippen molar-refractivity contribution in [1.82, 2.24) is 0 Å². The summed E-state index contributed by atoms with van der Waals surface area (Å²) in [7, 11) is 0. The molecular formula is C13H25Cl. The number of alkyl halides is 1. The zero-order chi connectivity index (χ0) is 11.2. The van der Waals surface area contributed by atoms with Gasteiger partial charge in [-0.05, 0) is 25.7 Å². The van der Waals surface area contributed by atoms with Crippen LogP contribution in [0.2, 0.25) is 0 Å². The average Bonchev–Trinajstić information content (AvgIpc) is 2.17. The molecule has 0 nitrogen and oxygen atoms in total. The molecule has 0 aromatic rings. The third kappa shape index (κ3) is 17.8. The molecule has 0 radical (unpaired) electrons. The first kappa shape index (κ1) is 16.2. The molecule has 14 heavy (non-hydrogen) atoms. The highest BCUT2D eigenvalue weighted by molar-refractivity contribution is 6.18. The Hall–Kier alpha value is -0.230. The van der Waals surface area contributed by atoms with Crippen molar-refractivity contribution in [1.29, 1.82) is 0 Å². The first-order chi connectivity index (χ1) is 6.72. The Bertz CT molecular complexity index is 136. The van der Waals surface area contributed by atoms with Crippen LogP contribution in [-0.4, -0.2) is 5.88 Å². The summed E-state index contributed by atoms with van der Waals surface area (Å²) in [5.74, 6) is 1.35. The summed E-state index contributed by atoms with van der Waals surface area (Å²) in [4.78, 5) is 0. The average molecular weight is 217 g/mol. The minimum absolute atomic E-state index is 0.647.